The van der Waals surface area contributed by atoms with Crippen molar-refractivity contribution in [2.75, 3.05) is 26.7 Å². The van der Waals surface area contributed by atoms with E-state index in [-0.39, 0.29) is 29.9 Å². The summed E-state index contributed by atoms with van der Waals surface area (Å²) in [7, 11) is 1.58. The number of hydrogen-bond donors (Lipinski definition) is 3. The van der Waals surface area contributed by atoms with E-state index in [2.05, 4.69) is 25.9 Å². The summed E-state index contributed by atoms with van der Waals surface area (Å²) in [4.78, 5) is 20.9. The fourth-order valence-corrected chi connectivity index (χ4v) is 2.22. The molecule has 8 heteroatoms. The highest BCUT2D eigenvalue weighted by molar-refractivity contribution is 14.0. The van der Waals surface area contributed by atoms with Crippen molar-refractivity contribution < 1.29 is 9.53 Å². The normalized spacial score (nSPS) is 10.5. The van der Waals surface area contributed by atoms with Gasteiger partial charge in [-0.15, -0.1) is 24.0 Å². The summed E-state index contributed by atoms with van der Waals surface area (Å²) in [6, 6.07) is 12.8. The van der Waals surface area contributed by atoms with Gasteiger partial charge >= 0.3 is 0 Å². The van der Waals surface area contributed by atoms with Gasteiger partial charge in [0.25, 0.3) is 5.91 Å². The Hall–Kier alpha value is -2.36. The molecule has 0 saturated carbocycles. The highest BCUT2D eigenvalue weighted by Crippen LogP contribution is 2.12. The number of pyridine rings is 1. The summed E-state index contributed by atoms with van der Waals surface area (Å²) in [6.45, 7) is 4.28. The molecule has 1 amide bonds. The van der Waals surface area contributed by atoms with Crippen LogP contribution in [0.25, 0.3) is 0 Å². The van der Waals surface area contributed by atoms with E-state index in [1.165, 1.54) is 0 Å². The van der Waals surface area contributed by atoms with Gasteiger partial charge in [-0.3, -0.25) is 9.78 Å². The van der Waals surface area contributed by atoms with Crippen molar-refractivity contribution in [3.05, 3.63) is 59.9 Å². The molecule has 1 heterocycles. The van der Waals surface area contributed by atoms with Crippen molar-refractivity contribution in [2.24, 2.45) is 4.99 Å². The minimum atomic E-state index is -0.138. The molecule has 3 N–H and O–H groups in total. The zero-order chi connectivity index (χ0) is 18.6. The van der Waals surface area contributed by atoms with Crippen molar-refractivity contribution in [1.82, 2.24) is 20.9 Å². The van der Waals surface area contributed by atoms with Crippen LogP contribution in [-0.4, -0.2) is 43.6 Å². The predicted octanol–water partition coefficient (Wildman–Crippen LogP) is 2.19. The van der Waals surface area contributed by atoms with Crippen LogP contribution in [0, 0.1) is 0 Å². The first-order valence-corrected chi connectivity index (χ1v) is 8.57. The van der Waals surface area contributed by atoms with Gasteiger partial charge in [-0.05, 0) is 37.3 Å². The number of amides is 1. The lowest BCUT2D eigenvalue weighted by Crippen LogP contribution is -2.41. The highest BCUT2D eigenvalue weighted by atomic mass is 127. The maximum atomic E-state index is 12.1. The van der Waals surface area contributed by atoms with Crippen LogP contribution in [0.3, 0.4) is 0 Å². The predicted molar refractivity (Wildman–Crippen MR) is 118 cm³/mol. The van der Waals surface area contributed by atoms with Crippen LogP contribution in [0.2, 0.25) is 0 Å². The Labute approximate surface area is 177 Å². The number of carbonyl (C=O) groups excluding carboxylic acids is 1. The fraction of sp³-hybridized carbons (Fsp3) is 0.316. The molecule has 0 atom stereocenters. The number of carbonyl (C=O) groups is 1. The molecule has 0 radical (unpaired) electrons. The third-order valence-corrected chi connectivity index (χ3v) is 3.50. The second kappa shape index (κ2) is 12.9. The van der Waals surface area contributed by atoms with Crippen molar-refractivity contribution >= 4 is 35.8 Å². The maximum Gasteiger partial charge on any atom is 0.251 e. The van der Waals surface area contributed by atoms with Crippen LogP contribution in [0.15, 0.2) is 53.7 Å². The molecule has 0 aliphatic heterocycles. The molecule has 0 fully saturated rings. The molecule has 1 aromatic heterocycles. The average Bonchev–Trinajstić information content (AvgIpc) is 2.69. The van der Waals surface area contributed by atoms with Crippen LogP contribution in [0.5, 0.6) is 5.75 Å². The van der Waals surface area contributed by atoms with Crippen LogP contribution in [0.1, 0.15) is 23.0 Å². The Balaban J connectivity index is 0.00000364. The van der Waals surface area contributed by atoms with Gasteiger partial charge in [-0.1, -0.05) is 12.1 Å². The molecule has 0 saturated heterocycles. The number of aromatic nitrogens is 1. The lowest BCUT2D eigenvalue weighted by molar-refractivity contribution is 0.0954. The van der Waals surface area contributed by atoms with E-state index in [9.17, 15) is 4.79 Å². The molecule has 0 aliphatic rings. The monoisotopic (exact) mass is 483 g/mol. The van der Waals surface area contributed by atoms with Crippen LogP contribution in [-0.2, 0) is 6.54 Å². The molecule has 7 nitrogen and oxygen atoms in total. The maximum absolute atomic E-state index is 12.1. The summed E-state index contributed by atoms with van der Waals surface area (Å²) < 4.78 is 5.13. The number of benzene rings is 1. The Morgan fingerprint density at radius 1 is 1.11 bits per heavy atom. The molecule has 0 bridgehead atoms. The number of rotatable bonds is 8. The van der Waals surface area contributed by atoms with Gasteiger partial charge in [-0.2, -0.15) is 0 Å². The second-order valence-corrected chi connectivity index (χ2v) is 5.43. The van der Waals surface area contributed by atoms with E-state index in [0.29, 0.717) is 36.9 Å². The lowest BCUT2D eigenvalue weighted by atomic mass is 10.2. The molecule has 2 aromatic rings. The van der Waals surface area contributed by atoms with E-state index < -0.39 is 0 Å². The van der Waals surface area contributed by atoms with E-state index in [4.69, 9.17) is 4.74 Å². The molecule has 0 unspecified atom stereocenters. The van der Waals surface area contributed by atoms with E-state index in [0.717, 1.165) is 12.2 Å². The van der Waals surface area contributed by atoms with Gasteiger partial charge in [0.05, 0.1) is 19.3 Å². The van der Waals surface area contributed by atoms with Gasteiger partial charge in [-0.25, -0.2) is 4.99 Å². The molecule has 2 rings (SSSR count). The molecule has 0 spiro atoms. The molecule has 27 heavy (non-hydrogen) atoms. The van der Waals surface area contributed by atoms with E-state index in [1.807, 2.05) is 25.1 Å². The van der Waals surface area contributed by atoms with Gasteiger partial charge < -0.3 is 20.7 Å². The SMILES string of the molecule is CCNC(=NCc1ccccn1)NCCNC(=O)c1cccc(OC)c1.I. The minimum absolute atomic E-state index is 0. The topological polar surface area (TPSA) is 87.6 Å². The fourth-order valence-electron chi connectivity index (χ4n) is 2.22. The number of aliphatic imine (C=N–C) groups is 1. The number of methoxy groups -OCH3 is 1. The number of hydrogen-bond acceptors (Lipinski definition) is 4. The van der Waals surface area contributed by atoms with Crippen LogP contribution >= 0.6 is 24.0 Å². The van der Waals surface area contributed by atoms with Crippen molar-refractivity contribution in [1.29, 1.82) is 0 Å². The highest BCUT2D eigenvalue weighted by Gasteiger charge is 2.06. The second-order valence-electron chi connectivity index (χ2n) is 5.43. The number of halogens is 1. The third-order valence-electron chi connectivity index (χ3n) is 3.50. The Bertz CT molecular complexity index is 725. The van der Waals surface area contributed by atoms with Crippen molar-refractivity contribution in [3.8, 4) is 5.75 Å². The van der Waals surface area contributed by atoms with Crippen LogP contribution in [0.4, 0.5) is 0 Å². The first-order valence-electron chi connectivity index (χ1n) is 8.57. The number of ether oxygens (including phenoxy) is 1. The van der Waals surface area contributed by atoms with E-state index >= 15 is 0 Å². The first kappa shape index (κ1) is 22.7. The summed E-state index contributed by atoms with van der Waals surface area (Å²) in [5.74, 6) is 1.21. The summed E-state index contributed by atoms with van der Waals surface area (Å²) in [5, 5.41) is 9.23. The number of nitrogens with one attached hydrogen (secondary N) is 3. The van der Waals surface area contributed by atoms with Gasteiger partial charge in [0.15, 0.2) is 5.96 Å². The lowest BCUT2D eigenvalue weighted by Gasteiger charge is -2.12. The zero-order valence-electron chi connectivity index (χ0n) is 15.6. The summed E-state index contributed by atoms with van der Waals surface area (Å²) >= 11 is 0. The Morgan fingerprint density at radius 2 is 1.93 bits per heavy atom. The third kappa shape index (κ3) is 8.25. The number of guanidine groups is 1. The Morgan fingerprint density at radius 3 is 2.63 bits per heavy atom. The summed E-state index contributed by atoms with van der Waals surface area (Å²) in [6.07, 6.45) is 1.75. The summed E-state index contributed by atoms with van der Waals surface area (Å²) in [5.41, 5.74) is 1.47. The number of nitrogens with zero attached hydrogens (tertiary/aromatic N) is 2. The standard InChI is InChI=1S/C19H25N5O2.HI/c1-3-20-19(24-14-16-8-4-5-10-21-16)23-12-11-22-18(25)15-7-6-9-17(13-15)26-2;/h4-10,13H,3,11-12,14H2,1-2H3,(H,22,25)(H2,20,23,24);1H. The molecular weight excluding hydrogens is 457 g/mol. The first-order chi connectivity index (χ1) is 12.7. The van der Waals surface area contributed by atoms with E-state index in [1.54, 1.807) is 37.6 Å². The van der Waals surface area contributed by atoms with Crippen molar-refractivity contribution in [3.63, 3.8) is 0 Å². The molecule has 1 aromatic carbocycles. The molecule has 146 valence electrons. The zero-order valence-corrected chi connectivity index (χ0v) is 17.9. The minimum Gasteiger partial charge on any atom is -0.497 e. The van der Waals surface area contributed by atoms with Gasteiger partial charge in [0, 0.05) is 31.4 Å². The smallest absolute Gasteiger partial charge is 0.251 e. The van der Waals surface area contributed by atoms with Gasteiger partial charge in [0.2, 0.25) is 0 Å². The van der Waals surface area contributed by atoms with Crippen molar-refractivity contribution in [2.45, 2.75) is 13.5 Å². The molecule has 0 aliphatic carbocycles. The average molecular weight is 483 g/mol. The largest absolute Gasteiger partial charge is 0.497 e. The Kier molecular flexibility index (Phi) is 10.8. The van der Waals surface area contributed by atoms with Gasteiger partial charge in [0.1, 0.15) is 5.75 Å². The quantitative estimate of drug-likeness (QED) is 0.232. The molecular formula is C19H26IN5O2. The van der Waals surface area contributed by atoms with Crippen LogP contribution < -0.4 is 20.7 Å².